The van der Waals surface area contributed by atoms with E-state index in [4.69, 9.17) is 0 Å². The largest absolute Gasteiger partial charge is 0.352 e. The zero-order valence-corrected chi connectivity index (χ0v) is 18.2. The highest BCUT2D eigenvalue weighted by atomic mass is 32.2. The van der Waals surface area contributed by atoms with E-state index in [1.165, 1.54) is 12.1 Å². The van der Waals surface area contributed by atoms with Crippen LogP contribution in [0.25, 0.3) is 5.69 Å². The van der Waals surface area contributed by atoms with E-state index in [1.807, 2.05) is 48.1 Å². The predicted octanol–water partition coefficient (Wildman–Crippen LogP) is 2.98. The molecule has 0 spiro atoms. The van der Waals surface area contributed by atoms with Crippen LogP contribution in [-0.4, -0.2) is 36.7 Å². The molecule has 2 N–H and O–H groups in total. The van der Waals surface area contributed by atoms with Gasteiger partial charge in [-0.1, -0.05) is 24.3 Å². The maximum atomic E-state index is 12.5. The second kappa shape index (κ2) is 9.03. The van der Waals surface area contributed by atoms with E-state index in [9.17, 15) is 13.2 Å². The number of para-hydroxylation sites is 1. The van der Waals surface area contributed by atoms with Gasteiger partial charge in [0.15, 0.2) is 0 Å². The van der Waals surface area contributed by atoms with Gasteiger partial charge in [-0.15, -0.1) is 0 Å². The third-order valence-electron chi connectivity index (χ3n) is 5.24. The normalized spacial score (nSPS) is 13.8. The van der Waals surface area contributed by atoms with Crippen molar-refractivity contribution in [1.29, 1.82) is 0 Å². The quantitative estimate of drug-likeness (QED) is 0.502. The van der Waals surface area contributed by atoms with Crippen LogP contribution in [0.5, 0.6) is 0 Å². The number of benzene rings is 2. The molecular weight excluding hydrogens is 412 g/mol. The fraction of sp³-hybridized carbons (Fsp3) is 0.304. The maximum absolute atomic E-state index is 12.5. The summed E-state index contributed by atoms with van der Waals surface area (Å²) in [5.74, 6) is -0.278. The lowest BCUT2D eigenvalue weighted by Gasteiger charge is -2.08. The Hall–Kier alpha value is -2.97. The summed E-state index contributed by atoms with van der Waals surface area (Å²) >= 11 is 0. The van der Waals surface area contributed by atoms with Crippen molar-refractivity contribution < 1.29 is 13.2 Å². The number of nitrogens with zero attached hydrogens (tertiary/aromatic N) is 2. The SMILES string of the molecule is Cc1nn(-c2ccccc2)cc1CCCNC(=O)c1cccc(S(=O)(=O)NC2CC2)c1. The second-order valence-electron chi connectivity index (χ2n) is 7.80. The second-order valence-corrected chi connectivity index (χ2v) is 9.52. The molecule has 0 unspecified atom stereocenters. The van der Waals surface area contributed by atoms with Crippen molar-refractivity contribution in [3.63, 3.8) is 0 Å². The number of aryl methyl sites for hydroxylation is 2. The van der Waals surface area contributed by atoms with Crippen molar-refractivity contribution in [1.82, 2.24) is 19.8 Å². The molecule has 0 saturated heterocycles. The Bertz CT molecular complexity index is 1170. The van der Waals surface area contributed by atoms with Gasteiger partial charge in [-0.3, -0.25) is 4.79 Å². The summed E-state index contributed by atoms with van der Waals surface area (Å²) < 4.78 is 29.2. The minimum Gasteiger partial charge on any atom is -0.352 e. The fourth-order valence-electron chi connectivity index (χ4n) is 3.33. The first kappa shape index (κ1) is 21.3. The Kier molecular flexibility index (Phi) is 6.20. The lowest BCUT2D eigenvalue weighted by Crippen LogP contribution is -2.27. The van der Waals surface area contributed by atoms with Crippen LogP contribution in [0.4, 0.5) is 0 Å². The molecule has 0 bridgehead atoms. The molecule has 2 aromatic carbocycles. The molecule has 1 amide bonds. The van der Waals surface area contributed by atoms with Gasteiger partial charge >= 0.3 is 0 Å². The minimum absolute atomic E-state index is 0.0252. The molecule has 0 radical (unpaired) electrons. The van der Waals surface area contributed by atoms with E-state index >= 15 is 0 Å². The Balaban J connectivity index is 1.31. The molecule has 8 heteroatoms. The molecule has 1 saturated carbocycles. The summed E-state index contributed by atoms with van der Waals surface area (Å²) in [5.41, 5.74) is 3.46. The van der Waals surface area contributed by atoms with Gasteiger partial charge in [-0.05, 0) is 68.5 Å². The van der Waals surface area contributed by atoms with Crippen molar-refractivity contribution in [2.24, 2.45) is 0 Å². The van der Waals surface area contributed by atoms with Gasteiger partial charge in [0.1, 0.15) is 0 Å². The van der Waals surface area contributed by atoms with Crippen LogP contribution in [0.1, 0.15) is 40.9 Å². The molecule has 162 valence electrons. The van der Waals surface area contributed by atoms with Crippen LogP contribution in [0.2, 0.25) is 0 Å². The van der Waals surface area contributed by atoms with Gasteiger partial charge in [-0.2, -0.15) is 5.10 Å². The van der Waals surface area contributed by atoms with Crippen molar-refractivity contribution in [3.8, 4) is 5.69 Å². The standard InChI is InChI=1S/C23H26N4O3S/c1-17-19(16-27(25-17)21-9-3-2-4-10-21)8-6-14-24-23(28)18-7-5-11-22(15-18)31(29,30)26-20-12-13-20/h2-5,7,9-11,15-16,20,26H,6,8,12-14H2,1H3,(H,24,28). The summed E-state index contributed by atoms with van der Waals surface area (Å²) in [6.45, 7) is 2.47. The van der Waals surface area contributed by atoms with Crippen LogP contribution in [0, 0.1) is 6.92 Å². The molecule has 3 aromatic rings. The number of carbonyl (C=O) groups excluding carboxylic acids is 1. The maximum Gasteiger partial charge on any atom is 0.251 e. The molecule has 1 aliphatic carbocycles. The smallest absolute Gasteiger partial charge is 0.251 e. The minimum atomic E-state index is -3.58. The molecule has 31 heavy (non-hydrogen) atoms. The Morgan fingerprint density at radius 1 is 1.13 bits per heavy atom. The number of hydrogen-bond donors (Lipinski definition) is 2. The summed E-state index contributed by atoms with van der Waals surface area (Å²) in [6.07, 6.45) is 5.30. The van der Waals surface area contributed by atoms with Crippen LogP contribution >= 0.6 is 0 Å². The van der Waals surface area contributed by atoms with Gasteiger partial charge < -0.3 is 5.32 Å². The zero-order chi connectivity index (χ0) is 21.8. The van der Waals surface area contributed by atoms with Crippen molar-refractivity contribution >= 4 is 15.9 Å². The summed E-state index contributed by atoms with van der Waals surface area (Å²) in [5, 5.41) is 7.44. The monoisotopic (exact) mass is 438 g/mol. The third kappa shape index (κ3) is 5.39. The van der Waals surface area contributed by atoms with Crippen molar-refractivity contribution in [3.05, 3.63) is 77.6 Å². The highest BCUT2D eigenvalue weighted by molar-refractivity contribution is 7.89. The Labute approximate surface area is 182 Å². The molecule has 7 nitrogen and oxygen atoms in total. The van der Waals surface area contributed by atoms with Gasteiger partial charge in [0.2, 0.25) is 10.0 Å². The van der Waals surface area contributed by atoms with Crippen LogP contribution in [-0.2, 0) is 16.4 Å². The van der Waals surface area contributed by atoms with Gasteiger partial charge in [0, 0.05) is 24.3 Å². The number of nitrogens with one attached hydrogen (secondary N) is 2. The van der Waals surface area contributed by atoms with E-state index in [0.717, 1.165) is 42.6 Å². The molecule has 4 rings (SSSR count). The van der Waals surface area contributed by atoms with Gasteiger partial charge in [0.25, 0.3) is 5.91 Å². The topological polar surface area (TPSA) is 93.1 Å². The third-order valence-corrected chi connectivity index (χ3v) is 6.75. The number of carbonyl (C=O) groups is 1. The number of hydrogen-bond acceptors (Lipinski definition) is 4. The van der Waals surface area contributed by atoms with E-state index in [1.54, 1.807) is 12.1 Å². The molecule has 1 aromatic heterocycles. The van der Waals surface area contributed by atoms with E-state index in [0.29, 0.717) is 12.1 Å². The summed E-state index contributed by atoms with van der Waals surface area (Å²) in [6, 6.07) is 16.1. The molecule has 1 aliphatic rings. The number of amides is 1. The molecule has 1 heterocycles. The average molecular weight is 439 g/mol. The Morgan fingerprint density at radius 2 is 1.90 bits per heavy atom. The lowest BCUT2D eigenvalue weighted by atomic mass is 10.1. The lowest BCUT2D eigenvalue weighted by molar-refractivity contribution is 0.0953. The highest BCUT2D eigenvalue weighted by Gasteiger charge is 2.28. The molecule has 0 aliphatic heterocycles. The molecule has 1 fully saturated rings. The van der Waals surface area contributed by atoms with Gasteiger partial charge in [0.05, 0.1) is 16.3 Å². The zero-order valence-electron chi connectivity index (χ0n) is 17.4. The van der Waals surface area contributed by atoms with E-state index in [2.05, 4.69) is 15.1 Å². The van der Waals surface area contributed by atoms with Crippen molar-refractivity contribution in [2.75, 3.05) is 6.54 Å². The van der Waals surface area contributed by atoms with E-state index < -0.39 is 10.0 Å². The Morgan fingerprint density at radius 3 is 2.65 bits per heavy atom. The number of sulfonamides is 1. The average Bonchev–Trinajstić information content (AvgIpc) is 3.50. The van der Waals surface area contributed by atoms with Crippen molar-refractivity contribution in [2.45, 2.75) is 43.5 Å². The van der Waals surface area contributed by atoms with Gasteiger partial charge in [-0.25, -0.2) is 17.8 Å². The molecule has 0 atom stereocenters. The van der Waals surface area contributed by atoms with E-state index in [-0.39, 0.29) is 16.8 Å². The van der Waals surface area contributed by atoms with Crippen LogP contribution < -0.4 is 10.0 Å². The fourth-order valence-corrected chi connectivity index (χ4v) is 4.68. The summed E-state index contributed by atoms with van der Waals surface area (Å²) in [4.78, 5) is 12.6. The first-order valence-corrected chi connectivity index (χ1v) is 11.9. The first-order chi connectivity index (χ1) is 14.9. The highest BCUT2D eigenvalue weighted by Crippen LogP contribution is 2.22. The summed E-state index contributed by atoms with van der Waals surface area (Å²) in [7, 11) is -3.58. The van der Waals surface area contributed by atoms with Crippen LogP contribution in [0.15, 0.2) is 65.7 Å². The predicted molar refractivity (Wildman–Crippen MR) is 119 cm³/mol. The first-order valence-electron chi connectivity index (χ1n) is 10.4. The van der Waals surface area contributed by atoms with Crippen LogP contribution in [0.3, 0.4) is 0 Å². The number of aromatic nitrogens is 2. The molecular formula is C23H26N4O3S. The number of rotatable bonds is 9.